The molecule has 0 aromatic carbocycles. The summed E-state index contributed by atoms with van der Waals surface area (Å²) in [7, 11) is 0. The molecule has 19 heavy (non-hydrogen) atoms. The molecule has 5 nitrogen and oxygen atoms in total. The molecule has 0 bridgehead atoms. The second-order valence-corrected chi connectivity index (χ2v) is 6.45. The smallest absolute Gasteiger partial charge is 0.225 e. The van der Waals surface area contributed by atoms with Gasteiger partial charge in [-0.3, -0.25) is 9.59 Å². The number of aliphatic hydroxyl groups excluding tert-OH is 1. The van der Waals surface area contributed by atoms with E-state index in [0.717, 1.165) is 25.7 Å². The van der Waals surface area contributed by atoms with Crippen LogP contribution in [0.15, 0.2) is 0 Å². The number of rotatable bonds is 5. The van der Waals surface area contributed by atoms with Crippen molar-refractivity contribution < 1.29 is 14.7 Å². The van der Waals surface area contributed by atoms with Crippen LogP contribution >= 0.6 is 0 Å². The lowest BCUT2D eigenvalue weighted by Gasteiger charge is -2.28. The molecular formula is C14H26N2O3. The summed E-state index contributed by atoms with van der Waals surface area (Å²) in [5.74, 6) is -0.164. The number of aliphatic hydroxyl groups is 1. The first kappa shape index (κ1) is 16.0. The van der Waals surface area contributed by atoms with Gasteiger partial charge >= 0.3 is 0 Å². The molecule has 0 spiro atoms. The molecule has 0 aromatic rings. The topological polar surface area (TPSA) is 78.4 Å². The van der Waals surface area contributed by atoms with E-state index in [9.17, 15) is 14.7 Å². The van der Waals surface area contributed by atoms with Crippen LogP contribution in [0.4, 0.5) is 0 Å². The van der Waals surface area contributed by atoms with Gasteiger partial charge < -0.3 is 15.7 Å². The molecule has 0 saturated heterocycles. The number of hydrogen-bond acceptors (Lipinski definition) is 3. The van der Waals surface area contributed by atoms with Gasteiger partial charge in [-0.05, 0) is 12.8 Å². The van der Waals surface area contributed by atoms with Crippen molar-refractivity contribution in [2.45, 2.75) is 58.4 Å². The minimum atomic E-state index is -0.436. The van der Waals surface area contributed by atoms with E-state index in [-0.39, 0.29) is 24.8 Å². The van der Waals surface area contributed by atoms with Gasteiger partial charge in [-0.1, -0.05) is 33.6 Å². The summed E-state index contributed by atoms with van der Waals surface area (Å²) in [6.07, 6.45) is 4.01. The lowest BCUT2D eigenvalue weighted by atomic mass is 9.95. The molecule has 0 aromatic heterocycles. The van der Waals surface area contributed by atoms with Gasteiger partial charge in [0.1, 0.15) is 0 Å². The largest absolute Gasteiger partial charge is 0.394 e. The van der Waals surface area contributed by atoms with Crippen molar-refractivity contribution in [1.29, 1.82) is 0 Å². The summed E-state index contributed by atoms with van der Waals surface area (Å²) in [4.78, 5) is 23.4. The molecule has 5 heteroatoms. The minimum Gasteiger partial charge on any atom is -0.394 e. The Kier molecular flexibility index (Phi) is 5.35. The third-order valence-electron chi connectivity index (χ3n) is 3.59. The molecular weight excluding hydrogens is 244 g/mol. The number of amides is 2. The van der Waals surface area contributed by atoms with Gasteiger partial charge in [-0.25, -0.2) is 0 Å². The first-order chi connectivity index (χ1) is 8.79. The zero-order valence-electron chi connectivity index (χ0n) is 12.2. The lowest BCUT2D eigenvalue weighted by molar-refractivity contribution is -0.128. The van der Waals surface area contributed by atoms with Crippen molar-refractivity contribution in [2.75, 3.05) is 13.2 Å². The highest BCUT2D eigenvalue weighted by molar-refractivity contribution is 5.82. The van der Waals surface area contributed by atoms with E-state index in [0.29, 0.717) is 6.54 Å². The predicted molar refractivity (Wildman–Crippen MR) is 73.5 cm³/mol. The first-order valence-electron chi connectivity index (χ1n) is 6.99. The highest BCUT2D eigenvalue weighted by atomic mass is 16.3. The molecule has 0 unspecified atom stereocenters. The molecule has 0 radical (unpaired) electrons. The van der Waals surface area contributed by atoms with Crippen LogP contribution < -0.4 is 10.6 Å². The average molecular weight is 270 g/mol. The van der Waals surface area contributed by atoms with Gasteiger partial charge in [0.05, 0.1) is 12.1 Å². The standard InChI is InChI=1S/C14H26N2O3/c1-13(2,3)12(19)15-9-6-11(18)16-14(10-17)7-4-5-8-14/h17H,4-10H2,1-3H3,(H,15,19)(H,16,18). The molecule has 2 amide bonds. The van der Waals surface area contributed by atoms with Gasteiger partial charge in [0.2, 0.25) is 11.8 Å². The van der Waals surface area contributed by atoms with Gasteiger partial charge in [0, 0.05) is 18.4 Å². The maximum Gasteiger partial charge on any atom is 0.225 e. The summed E-state index contributed by atoms with van der Waals surface area (Å²) >= 11 is 0. The van der Waals surface area contributed by atoms with Crippen LogP contribution in [0.3, 0.4) is 0 Å². The fraction of sp³-hybridized carbons (Fsp3) is 0.857. The first-order valence-corrected chi connectivity index (χ1v) is 6.99. The third-order valence-corrected chi connectivity index (χ3v) is 3.59. The Morgan fingerprint density at radius 3 is 2.26 bits per heavy atom. The van der Waals surface area contributed by atoms with Gasteiger partial charge in [-0.2, -0.15) is 0 Å². The summed E-state index contributed by atoms with van der Waals surface area (Å²) in [5, 5.41) is 15.1. The second kappa shape index (κ2) is 6.37. The van der Waals surface area contributed by atoms with Crippen LogP contribution in [0.2, 0.25) is 0 Å². The lowest BCUT2D eigenvalue weighted by Crippen LogP contribution is -2.50. The molecule has 1 saturated carbocycles. The third kappa shape index (κ3) is 4.82. The van der Waals surface area contributed by atoms with Gasteiger partial charge in [0.15, 0.2) is 0 Å². The number of carbonyl (C=O) groups is 2. The summed E-state index contributed by atoms with van der Waals surface area (Å²) in [6, 6.07) is 0. The zero-order valence-corrected chi connectivity index (χ0v) is 12.2. The Bertz CT molecular complexity index is 328. The molecule has 1 fully saturated rings. The van der Waals surface area contributed by atoms with Crippen LogP contribution in [0.1, 0.15) is 52.9 Å². The fourth-order valence-corrected chi connectivity index (χ4v) is 2.29. The van der Waals surface area contributed by atoms with Crippen molar-refractivity contribution in [1.82, 2.24) is 10.6 Å². The Balaban J connectivity index is 2.30. The molecule has 110 valence electrons. The van der Waals surface area contributed by atoms with Crippen LogP contribution in [0, 0.1) is 5.41 Å². The second-order valence-electron chi connectivity index (χ2n) is 6.45. The number of carbonyl (C=O) groups excluding carboxylic acids is 2. The Morgan fingerprint density at radius 2 is 1.79 bits per heavy atom. The number of hydrogen-bond donors (Lipinski definition) is 3. The van der Waals surface area contributed by atoms with Crippen LogP contribution in [0.25, 0.3) is 0 Å². The molecule has 1 aliphatic carbocycles. The maximum atomic E-state index is 11.8. The van der Waals surface area contributed by atoms with E-state index < -0.39 is 11.0 Å². The van der Waals surface area contributed by atoms with E-state index >= 15 is 0 Å². The highest BCUT2D eigenvalue weighted by Gasteiger charge is 2.34. The van der Waals surface area contributed by atoms with Crippen molar-refractivity contribution in [3.8, 4) is 0 Å². The average Bonchev–Trinajstić information content (AvgIpc) is 2.76. The summed E-state index contributed by atoms with van der Waals surface area (Å²) < 4.78 is 0. The quantitative estimate of drug-likeness (QED) is 0.696. The molecule has 0 heterocycles. The van der Waals surface area contributed by atoms with Crippen LogP contribution in [0.5, 0.6) is 0 Å². The fourth-order valence-electron chi connectivity index (χ4n) is 2.29. The van der Waals surface area contributed by atoms with E-state index in [4.69, 9.17) is 0 Å². The van der Waals surface area contributed by atoms with E-state index in [1.54, 1.807) is 0 Å². The van der Waals surface area contributed by atoms with Gasteiger partial charge in [-0.15, -0.1) is 0 Å². The Labute approximate surface area is 115 Å². The minimum absolute atomic E-state index is 0.00685. The van der Waals surface area contributed by atoms with Gasteiger partial charge in [0.25, 0.3) is 0 Å². The highest BCUT2D eigenvalue weighted by Crippen LogP contribution is 2.29. The van der Waals surface area contributed by atoms with Crippen LogP contribution in [-0.4, -0.2) is 35.6 Å². The van der Waals surface area contributed by atoms with Crippen molar-refractivity contribution in [3.63, 3.8) is 0 Å². The van der Waals surface area contributed by atoms with Crippen molar-refractivity contribution in [3.05, 3.63) is 0 Å². The van der Waals surface area contributed by atoms with Crippen molar-refractivity contribution >= 4 is 11.8 Å². The molecule has 0 aliphatic heterocycles. The summed E-state index contributed by atoms with van der Waals surface area (Å²) in [5.41, 5.74) is -0.862. The summed E-state index contributed by atoms with van der Waals surface area (Å²) in [6.45, 7) is 5.83. The molecule has 3 N–H and O–H groups in total. The molecule has 0 atom stereocenters. The normalized spacial score (nSPS) is 18.1. The molecule has 1 aliphatic rings. The van der Waals surface area contributed by atoms with Crippen LogP contribution in [-0.2, 0) is 9.59 Å². The Hall–Kier alpha value is -1.10. The van der Waals surface area contributed by atoms with Crippen molar-refractivity contribution in [2.24, 2.45) is 5.41 Å². The predicted octanol–water partition coefficient (Wildman–Crippen LogP) is 0.960. The van der Waals surface area contributed by atoms with E-state index in [2.05, 4.69) is 10.6 Å². The monoisotopic (exact) mass is 270 g/mol. The maximum absolute atomic E-state index is 11.8. The molecule has 1 rings (SSSR count). The SMILES string of the molecule is CC(C)(C)C(=O)NCCC(=O)NC1(CO)CCCC1. The van der Waals surface area contributed by atoms with E-state index in [1.165, 1.54) is 0 Å². The Morgan fingerprint density at radius 1 is 1.21 bits per heavy atom. The zero-order chi connectivity index (χ0) is 14.5. The number of nitrogens with one attached hydrogen (secondary N) is 2. The van der Waals surface area contributed by atoms with E-state index in [1.807, 2.05) is 20.8 Å².